The lowest BCUT2D eigenvalue weighted by molar-refractivity contribution is 0.102. The molecule has 2 aromatic carbocycles. The van der Waals surface area contributed by atoms with E-state index in [9.17, 15) is 4.79 Å². The molecule has 38 heavy (non-hydrogen) atoms. The van der Waals surface area contributed by atoms with Crippen molar-refractivity contribution in [2.75, 3.05) is 5.32 Å². The first-order chi connectivity index (χ1) is 18.6. The van der Waals surface area contributed by atoms with Gasteiger partial charge in [0.15, 0.2) is 0 Å². The molecule has 2 fully saturated rings. The fourth-order valence-corrected chi connectivity index (χ4v) is 4.89. The molecule has 188 valence electrons. The number of carbonyl (C=O) groups excluding carboxylic acids is 1. The molecule has 6 rings (SSSR count). The number of carbonyl (C=O) groups is 1. The number of aromatic nitrogens is 2. The SMILES string of the molecule is N=CN(C(=N)c1cccc(NC(=O)c2cc(-c3ccc(C4CC4)nc3)ccn2)c1)C1CC1c1ccccc1. The Kier molecular flexibility index (Phi) is 6.25. The van der Waals surface area contributed by atoms with Gasteiger partial charge in [-0.2, -0.15) is 0 Å². The van der Waals surface area contributed by atoms with Gasteiger partial charge < -0.3 is 10.2 Å². The molecule has 4 aromatic rings. The number of anilines is 1. The maximum Gasteiger partial charge on any atom is 0.274 e. The Morgan fingerprint density at radius 2 is 1.79 bits per heavy atom. The second-order valence-corrected chi connectivity index (χ2v) is 9.92. The van der Waals surface area contributed by atoms with Crippen LogP contribution in [0.2, 0.25) is 0 Å². The molecule has 2 saturated carbocycles. The van der Waals surface area contributed by atoms with Crippen LogP contribution < -0.4 is 5.32 Å². The number of pyridine rings is 2. The van der Waals surface area contributed by atoms with Crippen LogP contribution >= 0.6 is 0 Å². The largest absolute Gasteiger partial charge is 0.321 e. The van der Waals surface area contributed by atoms with E-state index in [4.69, 9.17) is 10.8 Å². The average Bonchev–Trinajstić information content (AvgIpc) is 3.90. The summed E-state index contributed by atoms with van der Waals surface area (Å²) in [6, 6.07) is 25.2. The van der Waals surface area contributed by atoms with E-state index in [1.165, 1.54) is 24.7 Å². The molecule has 7 nitrogen and oxygen atoms in total. The predicted octanol–water partition coefficient (Wildman–Crippen LogP) is 6.06. The van der Waals surface area contributed by atoms with Gasteiger partial charge in [-0.15, -0.1) is 0 Å². The predicted molar refractivity (Wildman–Crippen MR) is 149 cm³/mol. The molecule has 2 unspecified atom stereocenters. The van der Waals surface area contributed by atoms with Crippen LogP contribution in [0.1, 0.15) is 58.4 Å². The van der Waals surface area contributed by atoms with E-state index in [1.54, 1.807) is 35.4 Å². The molecule has 1 amide bonds. The van der Waals surface area contributed by atoms with Crippen LogP contribution in [-0.4, -0.2) is 39.0 Å². The normalized spacial score (nSPS) is 17.9. The number of amidine groups is 1. The van der Waals surface area contributed by atoms with Crippen molar-refractivity contribution in [3.63, 3.8) is 0 Å². The van der Waals surface area contributed by atoms with Gasteiger partial charge in [-0.1, -0.05) is 48.5 Å². The Morgan fingerprint density at radius 1 is 0.947 bits per heavy atom. The Hall–Kier alpha value is -4.65. The summed E-state index contributed by atoms with van der Waals surface area (Å²) in [5, 5.41) is 19.6. The van der Waals surface area contributed by atoms with E-state index < -0.39 is 0 Å². The minimum Gasteiger partial charge on any atom is -0.321 e. The topological polar surface area (TPSA) is 106 Å². The molecular weight excluding hydrogens is 472 g/mol. The minimum absolute atomic E-state index is 0.0837. The molecule has 2 aromatic heterocycles. The van der Waals surface area contributed by atoms with Crippen molar-refractivity contribution in [1.82, 2.24) is 14.9 Å². The number of rotatable bonds is 8. The number of amides is 1. The fraction of sp³-hybridized carbons (Fsp3) is 0.194. The molecule has 2 aliphatic rings. The van der Waals surface area contributed by atoms with Gasteiger partial charge in [0.05, 0.1) is 6.34 Å². The Morgan fingerprint density at radius 3 is 2.53 bits per heavy atom. The third-order valence-corrected chi connectivity index (χ3v) is 7.24. The molecule has 0 bridgehead atoms. The van der Waals surface area contributed by atoms with E-state index in [2.05, 4.69) is 33.5 Å². The summed E-state index contributed by atoms with van der Waals surface area (Å²) in [5.74, 6) is 0.815. The highest BCUT2D eigenvalue weighted by Gasteiger charge is 2.43. The zero-order valence-corrected chi connectivity index (χ0v) is 20.8. The van der Waals surface area contributed by atoms with Gasteiger partial charge in [-0.25, -0.2) is 0 Å². The van der Waals surface area contributed by atoms with Gasteiger partial charge >= 0.3 is 0 Å². The highest BCUT2D eigenvalue weighted by molar-refractivity contribution is 6.06. The van der Waals surface area contributed by atoms with E-state index >= 15 is 0 Å². The van der Waals surface area contributed by atoms with Gasteiger partial charge in [0, 0.05) is 52.8 Å². The molecule has 0 radical (unpaired) electrons. The van der Waals surface area contributed by atoms with Crippen LogP contribution in [0.4, 0.5) is 5.69 Å². The minimum atomic E-state index is -0.326. The molecule has 2 aliphatic carbocycles. The van der Waals surface area contributed by atoms with Gasteiger partial charge in [-0.05, 0) is 60.7 Å². The van der Waals surface area contributed by atoms with Crippen LogP contribution in [0.5, 0.6) is 0 Å². The molecule has 0 saturated heterocycles. The van der Waals surface area contributed by atoms with Crippen molar-refractivity contribution in [2.24, 2.45) is 0 Å². The summed E-state index contributed by atoms with van der Waals surface area (Å²) in [7, 11) is 0. The van der Waals surface area contributed by atoms with E-state index in [0.29, 0.717) is 28.8 Å². The maximum atomic E-state index is 13.0. The van der Waals surface area contributed by atoms with Gasteiger partial charge in [0.1, 0.15) is 11.5 Å². The van der Waals surface area contributed by atoms with Crippen LogP contribution in [-0.2, 0) is 0 Å². The summed E-state index contributed by atoms with van der Waals surface area (Å²) in [5.41, 5.74) is 5.69. The highest BCUT2D eigenvalue weighted by atomic mass is 16.1. The smallest absolute Gasteiger partial charge is 0.274 e. The maximum absolute atomic E-state index is 13.0. The summed E-state index contributed by atoms with van der Waals surface area (Å²) in [6.07, 6.45) is 8.03. The third-order valence-electron chi connectivity index (χ3n) is 7.24. The molecule has 7 heteroatoms. The molecule has 0 aliphatic heterocycles. The standard InChI is InChI=1S/C31H28N6O/c32-19-37(29-17-26(29)20-5-2-1-3-6-20)30(33)23-7-4-8-25(15-23)36-31(38)28-16-22(13-14-34-28)24-11-12-27(35-18-24)21-9-10-21/h1-8,11-16,18-19,21,26,29,32-33H,9-10,17H2,(H,36,38). The lowest BCUT2D eigenvalue weighted by atomic mass is 10.1. The number of nitrogens with one attached hydrogen (secondary N) is 3. The molecule has 2 heterocycles. The quantitative estimate of drug-likeness (QED) is 0.202. The van der Waals surface area contributed by atoms with Crippen LogP contribution in [0.25, 0.3) is 11.1 Å². The molecular formula is C31H28N6O. The highest BCUT2D eigenvalue weighted by Crippen LogP contribution is 2.44. The zero-order valence-electron chi connectivity index (χ0n) is 20.8. The van der Waals surface area contributed by atoms with Crippen molar-refractivity contribution in [3.05, 3.63) is 114 Å². The van der Waals surface area contributed by atoms with E-state index in [-0.39, 0.29) is 17.8 Å². The summed E-state index contributed by atoms with van der Waals surface area (Å²) in [4.78, 5) is 23.6. The average molecular weight is 501 g/mol. The fourth-order valence-electron chi connectivity index (χ4n) is 4.89. The first-order valence-corrected chi connectivity index (χ1v) is 12.9. The van der Waals surface area contributed by atoms with E-state index in [1.807, 2.05) is 42.6 Å². The van der Waals surface area contributed by atoms with Gasteiger partial charge in [0.2, 0.25) is 0 Å². The van der Waals surface area contributed by atoms with E-state index in [0.717, 1.165) is 23.2 Å². The van der Waals surface area contributed by atoms with Crippen molar-refractivity contribution in [1.29, 1.82) is 10.8 Å². The lowest BCUT2D eigenvalue weighted by Crippen LogP contribution is -2.32. The summed E-state index contributed by atoms with van der Waals surface area (Å²) >= 11 is 0. The second-order valence-electron chi connectivity index (χ2n) is 9.92. The number of hydrogen-bond donors (Lipinski definition) is 3. The van der Waals surface area contributed by atoms with Crippen LogP contribution in [0.3, 0.4) is 0 Å². The first-order valence-electron chi connectivity index (χ1n) is 12.9. The van der Waals surface area contributed by atoms with Crippen LogP contribution in [0.15, 0.2) is 91.3 Å². The number of nitrogens with zero attached hydrogens (tertiary/aromatic N) is 3. The van der Waals surface area contributed by atoms with Crippen molar-refractivity contribution in [3.8, 4) is 11.1 Å². The molecule has 3 N–H and O–H groups in total. The Labute approximate surface area is 221 Å². The molecule has 0 spiro atoms. The van der Waals surface area contributed by atoms with Crippen molar-refractivity contribution >= 4 is 23.8 Å². The number of hydrogen-bond acceptors (Lipinski definition) is 5. The van der Waals surface area contributed by atoms with Crippen molar-refractivity contribution < 1.29 is 4.79 Å². The molecule has 2 atom stereocenters. The summed E-state index contributed by atoms with van der Waals surface area (Å²) < 4.78 is 0. The Balaban J connectivity index is 1.14. The monoisotopic (exact) mass is 500 g/mol. The Bertz CT molecular complexity index is 1500. The van der Waals surface area contributed by atoms with Gasteiger partial charge in [-0.3, -0.25) is 25.6 Å². The number of benzene rings is 2. The van der Waals surface area contributed by atoms with Crippen molar-refractivity contribution in [2.45, 2.75) is 37.1 Å². The zero-order chi connectivity index (χ0) is 26.1. The van der Waals surface area contributed by atoms with Crippen LogP contribution in [0, 0.1) is 10.8 Å². The summed E-state index contributed by atoms with van der Waals surface area (Å²) in [6.45, 7) is 0. The third kappa shape index (κ3) is 4.95. The second kappa shape index (κ2) is 10.0. The lowest BCUT2D eigenvalue weighted by Gasteiger charge is -2.21. The van der Waals surface area contributed by atoms with Gasteiger partial charge in [0.25, 0.3) is 5.91 Å². The first kappa shape index (κ1) is 23.7.